The molecule has 1 aliphatic rings. The zero-order valence-electron chi connectivity index (χ0n) is 16.9. The van der Waals surface area contributed by atoms with Gasteiger partial charge >= 0.3 is 0 Å². The largest absolute Gasteiger partial charge is 0.380 e. The van der Waals surface area contributed by atoms with Crippen molar-refractivity contribution in [1.82, 2.24) is 19.9 Å². The van der Waals surface area contributed by atoms with Crippen LogP contribution >= 0.6 is 11.3 Å². The number of sulfone groups is 1. The zero-order chi connectivity index (χ0) is 21.3. The van der Waals surface area contributed by atoms with Gasteiger partial charge in [0.25, 0.3) is 0 Å². The molecule has 0 amide bonds. The number of nitrogens with one attached hydrogen (secondary N) is 2. The van der Waals surface area contributed by atoms with E-state index < -0.39 is 9.84 Å². The summed E-state index contributed by atoms with van der Waals surface area (Å²) in [5.74, 6) is 0.513. The molecule has 0 bridgehead atoms. The average Bonchev–Trinajstić information content (AvgIpc) is 3.35. The molecule has 4 heterocycles. The lowest BCUT2D eigenvalue weighted by Gasteiger charge is -2.37. The van der Waals surface area contributed by atoms with Crippen LogP contribution in [-0.2, 0) is 9.84 Å². The van der Waals surface area contributed by atoms with E-state index >= 15 is 0 Å². The van der Waals surface area contributed by atoms with Crippen LogP contribution in [0, 0.1) is 17.2 Å². The number of anilines is 1. The first-order valence-electron chi connectivity index (χ1n) is 9.83. The Kier molecular flexibility index (Phi) is 5.77. The Bertz CT molecular complexity index is 1190. The average molecular weight is 445 g/mol. The van der Waals surface area contributed by atoms with Gasteiger partial charge in [-0.15, -0.1) is 11.3 Å². The first-order valence-corrected chi connectivity index (χ1v) is 12.5. The van der Waals surface area contributed by atoms with Crippen molar-refractivity contribution in [2.24, 2.45) is 5.92 Å². The van der Waals surface area contributed by atoms with Crippen molar-refractivity contribution in [1.29, 1.82) is 5.26 Å². The van der Waals surface area contributed by atoms with Crippen LogP contribution in [0.25, 0.3) is 21.6 Å². The maximum Gasteiger partial charge on any atom is 0.186 e. The third kappa shape index (κ3) is 4.33. The summed E-state index contributed by atoms with van der Waals surface area (Å²) in [5, 5.41) is 14.2. The first-order chi connectivity index (χ1) is 14.3. The van der Waals surface area contributed by atoms with Crippen molar-refractivity contribution >= 4 is 37.9 Å². The van der Waals surface area contributed by atoms with Crippen molar-refractivity contribution in [3.05, 3.63) is 24.7 Å². The number of hydrogen-bond donors (Lipinski definition) is 2. The number of thiazole rings is 1. The fraction of sp³-hybridized carbons (Fsp3) is 0.450. The van der Waals surface area contributed by atoms with E-state index in [-0.39, 0.29) is 10.3 Å². The van der Waals surface area contributed by atoms with Gasteiger partial charge < -0.3 is 15.2 Å². The number of likely N-dealkylation sites (tertiary alicyclic amines) is 1. The van der Waals surface area contributed by atoms with Crippen LogP contribution in [-0.4, -0.2) is 60.2 Å². The predicted molar refractivity (Wildman–Crippen MR) is 118 cm³/mol. The lowest BCUT2D eigenvalue weighted by molar-refractivity contribution is 0.175. The molecule has 0 spiro atoms. The monoisotopic (exact) mass is 444 g/mol. The molecule has 4 rings (SSSR count). The Morgan fingerprint density at radius 1 is 1.37 bits per heavy atom. The molecule has 0 radical (unpaired) electrons. The van der Waals surface area contributed by atoms with E-state index in [4.69, 9.17) is 5.26 Å². The van der Waals surface area contributed by atoms with E-state index in [0.717, 1.165) is 59.7 Å². The summed E-state index contributed by atoms with van der Waals surface area (Å²) in [4.78, 5) is 14.3. The number of hydrogen-bond acceptors (Lipinski definition) is 8. The predicted octanol–water partition coefficient (Wildman–Crippen LogP) is 3.13. The molecule has 30 heavy (non-hydrogen) atoms. The molecule has 0 saturated carbocycles. The van der Waals surface area contributed by atoms with Crippen LogP contribution in [0.4, 0.5) is 5.69 Å². The normalized spacial score (nSPS) is 20.3. The van der Waals surface area contributed by atoms with E-state index in [0.29, 0.717) is 17.3 Å². The van der Waals surface area contributed by atoms with Gasteiger partial charge in [0.1, 0.15) is 14.9 Å². The van der Waals surface area contributed by atoms with Gasteiger partial charge in [-0.3, -0.25) is 0 Å². The fourth-order valence-corrected chi connectivity index (χ4v) is 5.79. The van der Waals surface area contributed by atoms with Crippen molar-refractivity contribution < 1.29 is 8.42 Å². The molecule has 158 valence electrons. The topological polar surface area (TPSA) is 115 Å². The Hall–Kier alpha value is -2.48. The highest BCUT2D eigenvalue weighted by molar-refractivity contribution is 7.92. The molecular weight excluding hydrogens is 420 g/mol. The highest BCUT2D eigenvalue weighted by Crippen LogP contribution is 2.37. The minimum Gasteiger partial charge on any atom is -0.380 e. The van der Waals surface area contributed by atoms with Crippen LogP contribution in [0.3, 0.4) is 0 Å². The van der Waals surface area contributed by atoms with Gasteiger partial charge in [-0.25, -0.2) is 18.4 Å². The van der Waals surface area contributed by atoms with Crippen molar-refractivity contribution in [3.63, 3.8) is 0 Å². The smallest absolute Gasteiger partial charge is 0.186 e. The minimum absolute atomic E-state index is 0.209. The number of nitrogens with zero attached hydrogens (tertiary/aromatic N) is 4. The van der Waals surface area contributed by atoms with E-state index in [9.17, 15) is 8.42 Å². The quantitative estimate of drug-likeness (QED) is 0.600. The van der Waals surface area contributed by atoms with Gasteiger partial charge in [0.15, 0.2) is 9.84 Å². The lowest BCUT2D eigenvalue weighted by atomic mass is 9.95. The third-order valence-corrected chi connectivity index (χ3v) is 8.11. The van der Waals surface area contributed by atoms with Gasteiger partial charge in [0.2, 0.25) is 0 Å². The summed E-state index contributed by atoms with van der Waals surface area (Å²) in [6.07, 6.45) is 7.73. The summed E-state index contributed by atoms with van der Waals surface area (Å²) >= 11 is 1.16. The summed E-state index contributed by atoms with van der Waals surface area (Å²) in [6.45, 7) is 4.84. The van der Waals surface area contributed by atoms with Crippen LogP contribution < -0.4 is 5.32 Å². The number of pyridine rings is 1. The van der Waals surface area contributed by atoms with Gasteiger partial charge in [-0.05, 0) is 18.4 Å². The van der Waals surface area contributed by atoms with Crippen molar-refractivity contribution in [2.75, 3.05) is 31.2 Å². The van der Waals surface area contributed by atoms with Crippen LogP contribution in [0.1, 0.15) is 19.8 Å². The van der Waals surface area contributed by atoms with Crippen molar-refractivity contribution in [3.8, 4) is 16.6 Å². The van der Waals surface area contributed by atoms with Gasteiger partial charge in [-0.1, -0.05) is 6.92 Å². The highest BCUT2D eigenvalue weighted by Gasteiger charge is 2.26. The standard InChI is InChI=1S/C20H24N6O2S2/c1-13-8-14(12-26(11-13)7-3-5-21)25-18-15-4-6-22-19(15)23-9-16(18)20-24-10-17(29-20)30(2,27)28/h4,6,9-10,13-14H,3,7-8,11-12H2,1-2H3,(H2,22,23,25)/t13-,14+/m0/s1. The Morgan fingerprint density at radius 3 is 2.93 bits per heavy atom. The number of piperidine rings is 1. The molecule has 0 aliphatic carbocycles. The molecule has 8 nitrogen and oxygen atoms in total. The molecule has 1 fully saturated rings. The van der Waals surface area contributed by atoms with Gasteiger partial charge in [-0.2, -0.15) is 5.26 Å². The summed E-state index contributed by atoms with van der Waals surface area (Å²) in [6, 6.07) is 4.41. The molecular formula is C20H24N6O2S2. The number of fused-ring (bicyclic) bond motifs is 1. The van der Waals surface area contributed by atoms with E-state index in [1.54, 1.807) is 6.20 Å². The number of rotatable bonds is 6. The summed E-state index contributed by atoms with van der Waals surface area (Å²) < 4.78 is 24.1. The van der Waals surface area contributed by atoms with E-state index in [1.807, 2.05) is 12.3 Å². The lowest BCUT2D eigenvalue weighted by Crippen LogP contribution is -2.45. The van der Waals surface area contributed by atoms with Crippen LogP contribution in [0.2, 0.25) is 0 Å². The number of H-pyrrole nitrogens is 1. The Labute approximate surface area is 179 Å². The number of aromatic nitrogens is 3. The van der Waals surface area contributed by atoms with Gasteiger partial charge in [0.05, 0.1) is 23.5 Å². The molecule has 3 aromatic rings. The van der Waals surface area contributed by atoms with E-state index in [2.05, 4.69) is 38.2 Å². The molecule has 2 N–H and O–H groups in total. The second-order valence-corrected chi connectivity index (χ2v) is 11.2. The minimum atomic E-state index is -3.31. The number of nitriles is 1. The maximum atomic E-state index is 11.9. The first kappa shape index (κ1) is 20.8. The van der Waals surface area contributed by atoms with E-state index in [1.165, 1.54) is 12.5 Å². The van der Waals surface area contributed by atoms with Crippen LogP contribution in [0.5, 0.6) is 0 Å². The molecule has 10 heteroatoms. The molecule has 3 aromatic heterocycles. The number of aromatic amines is 1. The molecule has 1 saturated heterocycles. The summed E-state index contributed by atoms with van der Waals surface area (Å²) in [5.41, 5.74) is 2.48. The highest BCUT2D eigenvalue weighted by atomic mass is 32.2. The molecule has 2 atom stereocenters. The molecule has 1 aliphatic heterocycles. The Balaban J connectivity index is 1.69. The SMILES string of the molecule is C[C@H]1C[C@@H](Nc2c(-c3ncc(S(C)(=O)=O)s3)cnc3[nH]ccc23)CN(CCC#N)C1. The summed E-state index contributed by atoms with van der Waals surface area (Å²) in [7, 11) is -3.31. The zero-order valence-corrected chi connectivity index (χ0v) is 18.6. The second-order valence-electron chi connectivity index (χ2n) is 7.89. The van der Waals surface area contributed by atoms with Gasteiger partial charge in [0, 0.05) is 56.1 Å². The third-order valence-electron chi connectivity index (χ3n) is 5.29. The molecule has 0 aromatic carbocycles. The molecule has 0 unspecified atom stereocenters. The maximum absolute atomic E-state index is 11.9. The second kappa shape index (κ2) is 8.34. The Morgan fingerprint density at radius 2 is 2.20 bits per heavy atom. The fourth-order valence-electron chi connectivity index (χ4n) is 4.04. The van der Waals surface area contributed by atoms with Crippen molar-refractivity contribution in [2.45, 2.75) is 30.0 Å². The van der Waals surface area contributed by atoms with Crippen LogP contribution in [0.15, 0.2) is 28.9 Å².